The van der Waals surface area contributed by atoms with Gasteiger partial charge in [0.15, 0.2) is 6.10 Å². The standard InChI is InChI=1S/C43H74O5/c1-3-5-7-9-10-11-12-13-14-15-16-17-18-19-20-21-22-23-24-25-26-27-28-29-30-31-32-34-36-38-43(46)48-41(39-44)40-47-42(45)37-35-33-8-6-4-2/h5,7,10-11,13-14,16-17,19-20,41,44H,3-4,6,8-9,12,15,18,21-40H2,1-2H3/b7-5-,11-10-,14-13-,17-16-,20-19-. The Morgan fingerprint density at radius 3 is 1.35 bits per heavy atom. The van der Waals surface area contributed by atoms with Crippen LogP contribution in [0.25, 0.3) is 0 Å². The lowest BCUT2D eigenvalue weighted by Gasteiger charge is -2.15. The maximum absolute atomic E-state index is 12.1. The SMILES string of the molecule is CC/C=C\C/C=C\C/C=C\C/C=C\C/C=C\CCCCCCCCCCCCCCCC(=O)OC(CO)COC(=O)CCCCCCC. The Morgan fingerprint density at radius 2 is 0.896 bits per heavy atom. The first kappa shape index (κ1) is 45.6. The Morgan fingerprint density at radius 1 is 0.500 bits per heavy atom. The Hall–Kier alpha value is -2.40. The average Bonchev–Trinajstić information content (AvgIpc) is 3.09. The molecule has 0 aliphatic carbocycles. The zero-order valence-corrected chi connectivity index (χ0v) is 31.2. The molecular formula is C43H74O5. The van der Waals surface area contributed by atoms with Crippen molar-refractivity contribution < 1.29 is 24.2 Å². The second kappa shape index (κ2) is 39.0. The molecule has 0 aromatic carbocycles. The van der Waals surface area contributed by atoms with Crippen LogP contribution in [0, 0.1) is 0 Å². The van der Waals surface area contributed by atoms with E-state index in [2.05, 4.69) is 74.6 Å². The monoisotopic (exact) mass is 671 g/mol. The third kappa shape index (κ3) is 36.4. The molecule has 0 aromatic rings. The lowest BCUT2D eigenvalue weighted by Crippen LogP contribution is -2.28. The second-order valence-corrected chi connectivity index (χ2v) is 13.0. The number of esters is 2. The molecule has 5 heteroatoms. The number of aliphatic hydroxyl groups excluding tert-OH is 1. The van der Waals surface area contributed by atoms with Gasteiger partial charge < -0.3 is 14.6 Å². The van der Waals surface area contributed by atoms with E-state index in [1.54, 1.807) is 0 Å². The molecular weight excluding hydrogens is 596 g/mol. The van der Waals surface area contributed by atoms with Gasteiger partial charge in [-0.3, -0.25) is 9.59 Å². The number of hydrogen-bond donors (Lipinski definition) is 1. The molecule has 0 saturated heterocycles. The van der Waals surface area contributed by atoms with E-state index in [4.69, 9.17) is 9.47 Å². The first-order valence-electron chi connectivity index (χ1n) is 19.8. The molecule has 1 N–H and O–H groups in total. The van der Waals surface area contributed by atoms with Crippen molar-refractivity contribution in [2.45, 2.75) is 187 Å². The van der Waals surface area contributed by atoms with Crippen molar-refractivity contribution in [2.75, 3.05) is 13.2 Å². The van der Waals surface area contributed by atoms with E-state index in [9.17, 15) is 14.7 Å². The third-order valence-electron chi connectivity index (χ3n) is 8.33. The molecule has 0 bridgehead atoms. The summed E-state index contributed by atoms with van der Waals surface area (Å²) in [7, 11) is 0. The van der Waals surface area contributed by atoms with Gasteiger partial charge in [0.1, 0.15) is 6.61 Å². The van der Waals surface area contributed by atoms with Crippen LogP contribution >= 0.6 is 0 Å². The van der Waals surface area contributed by atoms with Crippen LogP contribution in [0.4, 0.5) is 0 Å². The van der Waals surface area contributed by atoms with E-state index in [1.807, 2.05) is 0 Å². The summed E-state index contributed by atoms with van der Waals surface area (Å²) in [6, 6.07) is 0. The van der Waals surface area contributed by atoms with E-state index in [-0.39, 0.29) is 25.2 Å². The summed E-state index contributed by atoms with van der Waals surface area (Å²) in [6.45, 7) is 3.92. The van der Waals surface area contributed by atoms with Crippen LogP contribution in [0.1, 0.15) is 181 Å². The zero-order valence-electron chi connectivity index (χ0n) is 31.2. The van der Waals surface area contributed by atoms with Crippen molar-refractivity contribution in [1.29, 1.82) is 0 Å². The Bertz CT molecular complexity index is 853. The van der Waals surface area contributed by atoms with Crippen LogP contribution in [-0.4, -0.2) is 36.4 Å². The van der Waals surface area contributed by atoms with E-state index in [0.29, 0.717) is 12.8 Å². The number of unbranched alkanes of at least 4 members (excludes halogenated alkanes) is 17. The summed E-state index contributed by atoms with van der Waals surface area (Å²) in [6.07, 6.45) is 50.5. The molecule has 0 fully saturated rings. The summed E-state index contributed by atoms with van der Waals surface area (Å²) in [5.41, 5.74) is 0. The molecule has 0 amide bonds. The van der Waals surface area contributed by atoms with Crippen LogP contribution < -0.4 is 0 Å². The van der Waals surface area contributed by atoms with Crippen molar-refractivity contribution >= 4 is 11.9 Å². The maximum Gasteiger partial charge on any atom is 0.306 e. The number of ether oxygens (including phenoxy) is 2. The summed E-state index contributed by atoms with van der Waals surface area (Å²) >= 11 is 0. The number of carbonyl (C=O) groups excluding carboxylic acids is 2. The molecule has 0 saturated carbocycles. The number of aliphatic hydroxyl groups is 1. The van der Waals surface area contributed by atoms with Crippen LogP contribution in [-0.2, 0) is 19.1 Å². The highest BCUT2D eigenvalue weighted by Crippen LogP contribution is 2.14. The Kier molecular flexibility index (Phi) is 37.1. The molecule has 0 radical (unpaired) electrons. The molecule has 0 heterocycles. The van der Waals surface area contributed by atoms with E-state index < -0.39 is 6.10 Å². The first-order chi connectivity index (χ1) is 23.6. The minimum Gasteiger partial charge on any atom is -0.462 e. The quantitative estimate of drug-likeness (QED) is 0.0413. The molecule has 5 nitrogen and oxygen atoms in total. The molecule has 0 aliphatic heterocycles. The molecule has 1 atom stereocenters. The fraction of sp³-hybridized carbons (Fsp3) is 0.721. The van der Waals surface area contributed by atoms with Gasteiger partial charge in [-0.1, -0.05) is 171 Å². The molecule has 1 unspecified atom stereocenters. The fourth-order valence-corrected chi connectivity index (χ4v) is 5.34. The topological polar surface area (TPSA) is 72.8 Å². The maximum atomic E-state index is 12.1. The molecule has 0 spiro atoms. The largest absolute Gasteiger partial charge is 0.462 e. The van der Waals surface area contributed by atoms with Gasteiger partial charge in [-0.2, -0.15) is 0 Å². The van der Waals surface area contributed by atoms with Gasteiger partial charge in [0.05, 0.1) is 6.61 Å². The predicted octanol–water partition coefficient (Wildman–Crippen LogP) is 12.4. The Labute approximate surface area is 296 Å². The minimum absolute atomic E-state index is 0.0676. The molecule has 0 rings (SSSR count). The van der Waals surface area contributed by atoms with Gasteiger partial charge in [0.2, 0.25) is 0 Å². The first-order valence-corrected chi connectivity index (χ1v) is 19.8. The number of carbonyl (C=O) groups is 2. The van der Waals surface area contributed by atoms with Crippen molar-refractivity contribution in [3.8, 4) is 0 Å². The van der Waals surface area contributed by atoms with Gasteiger partial charge >= 0.3 is 11.9 Å². The fourth-order valence-electron chi connectivity index (χ4n) is 5.34. The molecule has 276 valence electrons. The number of allylic oxidation sites excluding steroid dienone is 10. The van der Waals surface area contributed by atoms with E-state index in [1.165, 1.54) is 83.5 Å². The molecule has 0 aliphatic rings. The highest BCUT2D eigenvalue weighted by molar-refractivity contribution is 5.70. The van der Waals surface area contributed by atoms with Crippen molar-refractivity contribution in [2.24, 2.45) is 0 Å². The summed E-state index contributed by atoms with van der Waals surface area (Å²) in [4.78, 5) is 23.9. The van der Waals surface area contributed by atoms with Gasteiger partial charge in [0, 0.05) is 12.8 Å². The molecule has 48 heavy (non-hydrogen) atoms. The summed E-state index contributed by atoms with van der Waals surface area (Å²) in [5, 5.41) is 9.47. The van der Waals surface area contributed by atoms with Crippen molar-refractivity contribution in [3.05, 3.63) is 60.8 Å². The minimum atomic E-state index is -0.767. The Balaban J connectivity index is 3.47. The summed E-state index contributed by atoms with van der Waals surface area (Å²) in [5.74, 6) is -0.608. The van der Waals surface area contributed by atoms with Gasteiger partial charge in [-0.15, -0.1) is 0 Å². The normalized spacial score (nSPS) is 12.8. The van der Waals surface area contributed by atoms with Gasteiger partial charge in [-0.05, 0) is 57.8 Å². The van der Waals surface area contributed by atoms with Crippen molar-refractivity contribution in [1.82, 2.24) is 0 Å². The lowest BCUT2D eigenvalue weighted by molar-refractivity contribution is -0.161. The highest BCUT2D eigenvalue weighted by Gasteiger charge is 2.16. The van der Waals surface area contributed by atoms with E-state index in [0.717, 1.165) is 70.6 Å². The predicted molar refractivity (Wildman–Crippen MR) is 205 cm³/mol. The third-order valence-corrected chi connectivity index (χ3v) is 8.33. The smallest absolute Gasteiger partial charge is 0.306 e. The summed E-state index contributed by atoms with van der Waals surface area (Å²) < 4.78 is 10.5. The molecule has 0 aromatic heterocycles. The van der Waals surface area contributed by atoms with Crippen LogP contribution in [0.2, 0.25) is 0 Å². The zero-order chi connectivity index (χ0) is 35.0. The lowest BCUT2D eigenvalue weighted by atomic mass is 10.0. The van der Waals surface area contributed by atoms with Crippen LogP contribution in [0.5, 0.6) is 0 Å². The van der Waals surface area contributed by atoms with Gasteiger partial charge in [0.25, 0.3) is 0 Å². The van der Waals surface area contributed by atoms with E-state index >= 15 is 0 Å². The number of rotatable bonds is 35. The van der Waals surface area contributed by atoms with Crippen LogP contribution in [0.15, 0.2) is 60.8 Å². The van der Waals surface area contributed by atoms with Gasteiger partial charge in [-0.25, -0.2) is 0 Å². The van der Waals surface area contributed by atoms with Crippen molar-refractivity contribution in [3.63, 3.8) is 0 Å². The second-order valence-electron chi connectivity index (χ2n) is 13.0. The van der Waals surface area contributed by atoms with Crippen LogP contribution in [0.3, 0.4) is 0 Å². The number of hydrogen-bond acceptors (Lipinski definition) is 5. The highest BCUT2D eigenvalue weighted by atomic mass is 16.6. The average molecular weight is 671 g/mol.